The Kier molecular flexibility index (Phi) is 8.40. The highest BCUT2D eigenvalue weighted by Gasteiger charge is 2.27. The first-order valence-electron chi connectivity index (χ1n) is 13.1. The zero-order valence-corrected chi connectivity index (χ0v) is 23.2. The van der Waals surface area contributed by atoms with Crippen LogP contribution in [-0.4, -0.2) is 42.1 Å². The summed E-state index contributed by atoms with van der Waals surface area (Å²) in [6.07, 6.45) is 10.4. The van der Waals surface area contributed by atoms with Crippen LogP contribution in [0.5, 0.6) is 23.1 Å². The smallest absolute Gasteiger partial charge is 0.280 e. The summed E-state index contributed by atoms with van der Waals surface area (Å²) in [4.78, 5) is 17.4. The summed E-state index contributed by atoms with van der Waals surface area (Å²) in [7, 11) is -2.62. The van der Waals surface area contributed by atoms with E-state index < -0.39 is 10.0 Å². The quantitative estimate of drug-likeness (QED) is 0.255. The van der Waals surface area contributed by atoms with Crippen molar-refractivity contribution in [1.29, 1.82) is 0 Å². The van der Waals surface area contributed by atoms with Crippen LogP contribution < -0.4 is 18.9 Å². The van der Waals surface area contributed by atoms with Crippen LogP contribution in [0, 0.1) is 12.8 Å². The predicted molar refractivity (Wildman–Crippen MR) is 150 cm³/mol. The van der Waals surface area contributed by atoms with Crippen LogP contribution in [0.3, 0.4) is 0 Å². The molecule has 3 heterocycles. The molecule has 0 spiro atoms. The second-order valence-electron chi connectivity index (χ2n) is 9.61. The SMILES string of the molecule is COc1ccccc1Oc1c(NS(=O)(=O)c2ccc(C)cn2)nc(-c2ccncc2)nc1OCC1CCCCC1. The molecule has 0 bridgehead atoms. The first-order chi connectivity index (χ1) is 19.4. The first-order valence-corrected chi connectivity index (χ1v) is 14.6. The minimum atomic E-state index is -4.14. The maximum absolute atomic E-state index is 13.4. The Morgan fingerprint density at radius 1 is 0.950 bits per heavy atom. The minimum absolute atomic E-state index is 0.0220. The van der Waals surface area contributed by atoms with Gasteiger partial charge in [0.1, 0.15) is 0 Å². The summed E-state index contributed by atoms with van der Waals surface area (Å²) >= 11 is 0. The van der Waals surface area contributed by atoms with E-state index in [4.69, 9.17) is 14.2 Å². The number of aryl methyl sites for hydroxylation is 1. The van der Waals surface area contributed by atoms with Crippen molar-refractivity contribution >= 4 is 15.8 Å². The summed E-state index contributed by atoms with van der Waals surface area (Å²) in [5.41, 5.74) is 1.47. The Bertz CT molecular complexity index is 1540. The topological polar surface area (TPSA) is 125 Å². The number of hydrogen-bond donors (Lipinski definition) is 1. The van der Waals surface area contributed by atoms with Crippen LogP contribution in [0.15, 0.2) is 72.1 Å². The van der Waals surface area contributed by atoms with Crippen molar-refractivity contribution in [2.24, 2.45) is 5.92 Å². The minimum Gasteiger partial charge on any atom is -0.493 e. The number of rotatable bonds is 10. The molecule has 1 aromatic carbocycles. The van der Waals surface area contributed by atoms with Crippen LogP contribution in [0.2, 0.25) is 0 Å². The Morgan fingerprint density at radius 2 is 1.70 bits per heavy atom. The van der Waals surface area contributed by atoms with Crippen molar-refractivity contribution < 1.29 is 22.6 Å². The van der Waals surface area contributed by atoms with Crippen molar-refractivity contribution in [2.45, 2.75) is 44.1 Å². The zero-order valence-electron chi connectivity index (χ0n) is 22.4. The second-order valence-corrected chi connectivity index (χ2v) is 11.2. The van der Waals surface area contributed by atoms with E-state index in [-0.39, 0.29) is 28.3 Å². The molecule has 0 radical (unpaired) electrons. The van der Waals surface area contributed by atoms with Gasteiger partial charge in [0.15, 0.2) is 28.2 Å². The van der Waals surface area contributed by atoms with E-state index in [0.717, 1.165) is 31.2 Å². The molecule has 1 aliphatic rings. The number of pyridine rings is 2. The number of nitrogens with zero attached hydrogens (tertiary/aromatic N) is 4. The molecule has 1 fully saturated rings. The molecule has 0 amide bonds. The molecule has 4 aromatic rings. The maximum atomic E-state index is 13.4. The summed E-state index contributed by atoms with van der Waals surface area (Å²) in [6, 6.07) is 13.6. The third kappa shape index (κ3) is 6.48. The van der Waals surface area contributed by atoms with Crippen LogP contribution in [0.4, 0.5) is 5.82 Å². The normalized spacial score (nSPS) is 13.9. The lowest BCUT2D eigenvalue weighted by atomic mass is 9.90. The molecule has 40 heavy (non-hydrogen) atoms. The molecule has 208 valence electrons. The number of ether oxygens (including phenoxy) is 3. The van der Waals surface area contributed by atoms with E-state index in [1.165, 1.54) is 25.8 Å². The standard InChI is InChI=1S/C29H31N5O5S/c1-20-12-13-25(31-18-20)40(35,36)34-28-26(39-24-11-7-6-10-23(24)37-2)29(38-19-21-8-4-3-5-9-21)33-27(32-28)22-14-16-30-17-15-22/h6-7,10-18,21H,3-5,8-9,19H2,1-2H3,(H,32,33,34). The third-order valence-electron chi connectivity index (χ3n) is 6.63. The van der Waals surface area contributed by atoms with Crippen molar-refractivity contribution in [3.05, 3.63) is 72.7 Å². The molecule has 0 aliphatic heterocycles. The largest absolute Gasteiger partial charge is 0.493 e. The molecule has 1 aliphatic carbocycles. The Morgan fingerprint density at radius 3 is 2.40 bits per heavy atom. The molecule has 3 aromatic heterocycles. The van der Waals surface area contributed by atoms with Gasteiger partial charge in [-0.25, -0.2) is 9.97 Å². The predicted octanol–water partition coefficient (Wildman–Crippen LogP) is 5.80. The van der Waals surface area contributed by atoms with E-state index in [9.17, 15) is 8.42 Å². The molecular formula is C29H31N5O5S. The Hall–Kier alpha value is -4.25. The summed E-state index contributed by atoms with van der Waals surface area (Å²) in [6.45, 7) is 2.25. The molecule has 10 nitrogen and oxygen atoms in total. The van der Waals surface area contributed by atoms with E-state index in [2.05, 4.69) is 24.7 Å². The van der Waals surface area contributed by atoms with Crippen LogP contribution >= 0.6 is 0 Å². The van der Waals surface area contributed by atoms with E-state index in [0.29, 0.717) is 29.6 Å². The second kappa shape index (κ2) is 12.3. The number of aromatic nitrogens is 4. The average molecular weight is 562 g/mol. The molecule has 0 saturated heterocycles. The van der Waals surface area contributed by atoms with E-state index >= 15 is 0 Å². The fraction of sp³-hybridized carbons (Fsp3) is 0.310. The molecule has 11 heteroatoms. The van der Waals surface area contributed by atoms with Gasteiger partial charge >= 0.3 is 0 Å². The lowest BCUT2D eigenvalue weighted by molar-refractivity contribution is 0.197. The van der Waals surface area contributed by atoms with Gasteiger partial charge in [0, 0.05) is 24.2 Å². The number of para-hydroxylation sites is 2. The average Bonchev–Trinajstić information content (AvgIpc) is 2.98. The van der Waals surface area contributed by atoms with E-state index in [1.807, 2.05) is 13.0 Å². The summed E-state index contributed by atoms with van der Waals surface area (Å²) in [5.74, 6) is 1.47. The fourth-order valence-corrected chi connectivity index (χ4v) is 5.41. The zero-order chi connectivity index (χ0) is 28.0. The van der Waals surface area contributed by atoms with Gasteiger partial charge in [0.25, 0.3) is 15.9 Å². The maximum Gasteiger partial charge on any atom is 0.280 e. The highest BCUT2D eigenvalue weighted by atomic mass is 32.2. The molecule has 1 N–H and O–H groups in total. The number of methoxy groups -OCH3 is 1. The highest BCUT2D eigenvalue weighted by Crippen LogP contribution is 2.42. The number of hydrogen-bond acceptors (Lipinski definition) is 9. The summed E-state index contributed by atoms with van der Waals surface area (Å²) < 4.78 is 47.4. The van der Waals surface area contributed by atoms with Crippen molar-refractivity contribution in [3.8, 4) is 34.5 Å². The molecule has 0 atom stereocenters. The lowest BCUT2D eigenvalue weighted by Crippen LogP contribution is -2.19. The first kappa shape index (κ1) is 27.3. The number of anilines is 1. The Labute approximate surface area is 233 Å². The van der Waals surface area contributed by atoms with Crippen molar-refractivity contribution in [1.82, 2.24) is 19.9 Å². The van der Waals surface area contributed by atoms with Gasteiger partial charge in [-0.1, -0.05) is 37.5 Å². The highest BCUT2D eigenvalue weighted by molar-refractivity contribution is 7.92. The molecule has 0 unspecified atom stereocenters. The summed E-state index contributed by atoms with van der Waals surface area (Å²) in [5, 5.41) is -0.157. The van der Waals surface area contributed by atoms with Crippen LogP contribution in [-0.2, 0) is 10.0 Å². The Balaban J connectivity index is 1.62. The molecular weight excluding hydrogens is 530 g/mol. The number of sulfonamides is 1. The third-order valence-corrected chi connectivity index (χ3v) is 7.88. The molecule has 1 saturated carbocycles. The van der Waals surface area contributed by atoms with Gasteiger partial charge in [-0.3, -0.25) is 9.71 Å². The fourth-order valence-electron chi connectivity index (χ4n) is 4.48. The number of nitrogens with one attached hydrogen (secondary N) is 1. The van der Waals surface area contributed by atoms with Gasteiger partial charge in [0.2, 0.25) is 5.75 Å². The van der Waals surface area contributed by atoms with Gasteiger partial charge < -0.3 is 14.2 Å². The van der Waals surface area contributed by atoms with Gasteiger partial charge in [0.05, 0.1) is 13.7 Å². The monoisotopic (exact) mass is 561 g/mol. The van der Waals surface area contributed by atoms with Gasteiger partial charge in [-0.15, -0.1) is 0 Å². The van der Waals surface area contributed by atoms with Crippen LogP contribution in [0.1, 0.15) is 37.7 Å². The van der Waals surface area contributed by atoms with Gasteiger partial charge in [-0.2, -0.15) is 13.4 Å². The van der Waals surface area contributed by atoms with Crippen molar-refractivity contribution in [3.63, 3.8) is 0 Å². The van der Waals surface area contributed by atoms with Crippen LogP contribution in [0.25, 0.3) is 11.4 Å². The molecule has 5 rings (SSSR count). The van der Waals surface area contributed by atoms with Crippen molar-refractivity contribution in [2.75, 3.05) is 18.4 Å². The van der Waals surface area contributed by atoms with Gasteiger partial charge in [-0.05, 0) is 61.6 Å². The number of benzene rings is 1. The lowest BCUT2D eigenvalue weighted by Gasteiger charge is -2.23. The van der Waals surface area contributed by atoms with E-state index in [1.54, 1.807) is 48.8 Å².